The number of nitrogens with one attached hydrogen (secondary N) is 1. The fourth-order valence-corrected chi connectivity index (χ4v) is 3.11. The molecule has 1 aromatic heterocycles. The lowest BCUT2D eigenvalue weighted by atomic mass is 10.1. The van der Waals surface area contributed by atoms with Gasteiger partial charge in [0.05, 0.1) is 0 Å². The van der Waals surface area contributed by atoms with Crippen molar-refractivity contribution in [3.63, 3.8) is 0 Å². The monoisotopic (exact) mass is 430 g/mol. The zero-order valence-corrected chi connectivity index (χ0v) is 17.8. The van der Waals surface area contributed by atoms with Crippen molar-refractivity contribution < 1.29 is 13.9 Å². The SMILES string of the molecule is Cc1ccc(-c2nc(NCc3ccc(F)cc3)n(C(=O)C(C)Oc3ccccc3)n2)cc1. The summed E-state index contributed by atoms with van der Waals surface area (Å²) in [5.74, 6) is 0.639. The van der Waals surface area contributed by atoms with Crippen molar-refractivity contribution in [1.82, 2.24) is 14.8 Å². The van der Waals surface area contributed by atoms with E-state index in [9.17, 15) is 9.18 Å². The van der Waals surface area contributed by atoms with Gasteiger partial charge in [-0.1, -0.05) is 60.2 Å². The number of hydrogen-bond acceptors (Lipinski definition) is 5. The Balaban J connectivity index is 1.61. The van der Waals surface area contributed by atoms with Crippen molar-refractivity contribution in [2.45, 2.75) is 26.5 Å². The van der Waals surface area contributed by atoms with Crippen molar-refractivity contribution in [3.05, 3.63) is 95.8 Å². The maximum Gasteiger partial charge on any atom is 0.290 e. The van der Waals surface area contributed by atoms with E-state index in [1.54, 1.807) is 31.2 Å². The Morgan fingerprint density at radius 1 is 1.03 bits per heavy atom. The summed E-state index contributed by atoms with van der Waals surface area (Å²) in [4.78, 5) is 17.7. The van der Waals surface area contributed by atoms with Crippen molar-refractivity contribution in [1.29, 1.82) is 0 Å². The summed E-state index contributed by atoms with van der Waals surface area (Å²) in [6.45, 7) is 4.03. The van der Waals surface area contributed by atoms with Gasteiger partial charge in [-0.3, -0.25) is 4.79 Å². The first kappa shape index (κ1) is 21.2. The summed E-state index contributed by atoms with van der Waals surface area (Å²) < 4.78 is 20.2. The molecule has 0 aliphatic rings. The van der Waals surface area contributed by atoms with E-state index in [4.69, 9.17) is 4.74 Å². The molecule has 1 atom stereocenters. The molecule has 1 N–H and O–H groups in total. The Bertz CT molecular complexity index is 1190. The molecule has 4 rings (SSSR count). The Hall–Kier alpha value is -4.00. The number of carbonyl (C=O) groups is 1. The molecule has 0 amide bonds. The maximum absolute atomic E-state index is 13.2. The summed E-state index contributed by atoms with van der Waals surface area (Å²) in [5, 5.41) is 7.59. The van der Waals surface area contributed by atoms with Crippen LogP contribution in [0.1, 0.15) is 22.8 Å². The number of para-hydroxylation sites is 1. The van der Waals surface area contributed by atoms with Gasteiger partial charge in [-0.15, -0.1) is 5.10 Å². The van der Waals surface area contributed by atoms with Crippen LogP contribution in [-0.2, 0) is 6.54 Å². The minimum absolute atomic E-state index is 0.290. The highest BCUT2D eigenvalue weighted by atomic mass is 19.1. The third-order valence-corrected chi connectivity index (χ3v) is 4.89. The quantitative estimate of drug-likeness (QED) is 0.441. The standard InChI is InChI=1S/C25H23FN4O2/c1-17-8-12-20(13-9-17)23-28-25(27-16-19-10-14-21(26)15-11-19)30(29-23)24(31)18(2)32-22-6-4-3-5-7-22/h3-15,18H,16H2,1-2H3,(H,27,28,29). The molecular formula is C25H23FN4O2. The third kappa shape index (κ3) is 5.00. The Morgan fingerprint density at radius 3 is 2.41 bits per heavy atom. The van der Waals surface area contributed by atoms with Gasteiger partial charge in [-0.05, 0) is 43.7 Å². The van der Waals surface area contributed by atoms with Gasteiger partial charge < -0.3 is 10.1 Å². The van der Waals surface area contributed by atoms with Crippen LogP contribution >= 0.6 is 0 Å². The maximum atomic E-state index is 13.2. The largest absolute Gasteiger partial charge is 0.481 e. The molecule has 0 radical (unpaired) electrons. The van der Waals surface area contributed by atoms with Crippen molar-refractivity contribution in [3.8, 4) is 17.1 Å². The van der Waals surface area contributed by atoms with Gasteiger partial charge in [0.15, 0.2) is 11.9 Å². The highest BCUT2D eigenvalue weighted by Crippen LogP contribution is 2.20. The number of aryl methyl sites for hydroxylation is 1. The Labute approximate surface area is 185 Å². The van der Waals surface area contributed by atoms with E-state index in [1.807, 2.05) is 49.4 Å². The van der Waals surface area contributed by atoms with Crippen LogP contribution in [0.3, 0.4) is 0 Å². The molecule has 4 aromatic rings. The molecule has 7 heteroatoms. The number of hydrogen-bond donors (Lipinski definition) is 1. The highest BCUT2D eigenvalue weighted by Gasteiger charge is 2.23. The van der Waals surface area contributed by atoms with Gasteiger partial charge in [-0.2, -0.15) is 9.67 Å². The van der Waals surface area contributed by atoms with Gasteiger partial charge in [0.25, 0.3) is 5.91 Å². The second kappa shape index (κ2) is 9.43. The number of anilines is 1. The van der Waals surface area contributed by atoms with Gasteiger partial charge >= 0.3 is 0 Å². The molecule has 1 unspecified atom stereocenters. The Kier molecular flexibility index (Phi) is 6.26. The van der Waals surface area contributed by atoms with Crippen molar-refractivity contribution >= 4 is 11.9 Å². The molecule has 1 heterocycles. The summed E-state index contributed by atoms with van der Waals surface area (Å²) in [7, 11) is 0. The average Bonchev–Trinajstić information content (AvgIpc) is 3.23. The first-order chi connectivity index (χ1) is 15.5. The molecule has 162 valence electrons. The number of benzene rings is 3. The minimum Gasteiger partial charge on any atom is -0.481 e. The van der Waals surface area contributed by atoms with Crippen LogP contribution in [0.4, 0.5) is 10.3 Å². The summed E-state index contributed by atoms with van der Waals surface area (Å²) in [6.07, 6.45) is -0.781. The molecule has 3 aromatic carbocycles. The predicted molar refractivity (Wildman–Crippen MR) is 121 cm³/mol. The van der Waals surface area contributed by atoms with Crippen LogP contribution in [0.15, 0.2) is 78.9 Å². The average molecular weight is 430 g/mol. The smallest absolute Gasteiger partial charge is 0.290 e. The number of rotatable bonds is 7. The van der Waals surface area contributed by atoms with E-state index < -0.39 is 6.10 Å². The van der Waals surface area contributed by atoms with E-state index in [0.717, 1.165) is 16.7 Å². The van der Waals surface area contributed by atoms with E-state index in [-0.39, 0.29) is 11.7 Å². The molecule has 0 saturated carbocycles. The van der Waals surface area contributed by atoms with E-state index in [0.29, 0.717) is 24.1 Å². The van der Waals surface area contributed by atoms with Crippen LogP contribution in [0, 0.1) is 12.7 Å². The number of carbonyl (C=O) groups excluding carboxylic acids is 1. The molecule has 0 bridgehead atoms. The first-order valence-corrected chi connectivity index (χ1v) is 10.3. The molecule has 32 heavy (non-hydrogen) atoms. The van der Waals surface area contributed by atoms with Crippen LogP contribution in [-0.4, -0.2) is 26.8 Å². The van der Waals surface area contributed by atoms with Gasteiger partial charge in [-0.25, -0.2) is 4.39 Å². The first-order valence-electron chi connectivity index (χ1n) is 10.3. The van der Waals surface area contributed by atoms with Crippen molar-refractivity contribution in [2.24, 2.45) is 0 Å². The lowest BCUT2D eigenvalue weighted by molar-refractivity contribution is 0.0713. The number of nitrogens with zero attached hydrogens (tertiary/aromatic N) is 3. The molecule has 6 nitrogen and oxygen atoms in total. The van der Waals surface area contributed by atoms with E-state index in [1.165, 1.54) is 16.8 Å². The van der Waals surface area contributed by atoms with Crippen LogP contribution < -0.4 is 10.1 Å². The van der Waals surface area contributed by atoms with Gasteiger partial charge in [0, 0.05) is 12.1 Å². The number of aromatic nitrogens is 3. The van der Waals surface area contributed by atoms with E-state index >= 15 is 0 Å². The molecule has 0 spiro atoms. The molecule has 0 saturated heterocycles. The molecule has 0 aliphatic carbocycles. The number of ether oxygens (including phenoxy) is 1. The fraction of sp³-hybridized carbons (Fsp3) is 0.160. The lowest BCUT2D eigenvalue weighted by Crippen LogP contribution is -2.31. The summed E-state index contributed by atoms with van der Waals surface area (Å²) in [6, 6.07) is 23.0. The normalized spacial score (nSPS) is 11.7. The van der Waals surface area contributed by atoms with Crippen LogP contribution in [0.25, 0.3) is 11.4 Å². The summed E-state index contributed by atoms with van der Waals surface area (Å²) in [5.41, 5.74) is 2.76. The fourth-order valence-electron chi connectivity index (χ4n) is 3.11. The second-order valence-corrected chi connectivity index (χ2v) is 7.43. The van der Waals surface area contributed by atoms with Crippen LogP contribution in [0.2, 0.25) is 0 Å². The zero-order chi connectivity index (χ0) is 22.5. The van der Waals surface area contributed by atoms with Gasteiger partial charge in [0.1, 0.15) is 11.6 Å². The topological polar surface area (TPSA) is 69.0 Å². The highest BCUT2D eigenvalue weighted by molar-refractivity contribution is 5.85. The molecule has 0 aliphatic heterocycles. The predicted octanol–water partition coefficient (Wildman–Crippen LogP) is 5.11. The van der Waals surface area contributed by atoms with Crippen LogP contribution in [0.5, 0.6) is 5.75 Å². The Morgan fingerprint density at radius 2 is 1.72 bits per heavy atom. The molecule has 0 fully saturated rings. The number of halogens is 1. The summed E-state index contributed by atoms with van der Waals surface area (Å²) >= 11 is 0. The van der Waals surface area contributed by atoms with Gasteiger partial charge in [0.2, 0.25) is 5.95 Å². The van der Waals surface area contributed by atoms with Crippen molar-refractivity contribution in [2.75, 3.05) is 5.32 Å². The lowest BCUT2D eigenvalue weighted by Gasteiger charge is -2.14. The minimum atomic E-state index is -0.781. The third-order valence-electron chi connectivity index (χ3n) is 4.89. The zero-order valence-electron chi connectivity index (χ0n) is 17.8. The second-order valence-electron chi connectivity index (χ2n) is 7.43. The van der Waals surface area contributed by atoms with E-state index in [2.05, 4.69) is 15.4 Å². The molecular weight excluding hydrogens is 407 g/mol.